The van der Waals surface area contributed by atoms with Crippen LogP contribution in [-0.4, -0.2) is 60.7 Å². The van der Waals surface area contributed by atoms with E-state index >= 15 is 0 Å². The molecular weight excluding hydrogens is 567 g/mol. The highest BCUT2D eigenvalue weighted by Gasteiger charge is 2.33. The number of carbonyl (C=O) groups is 2. The van der Waals surface area contributed by atoms with Crippen LogP contribution in [0.1, 0.15) is 33.7 Å². The summed E-state index contributed by atoms with van der Waals surface area (Å²) in [4.78, 5) is 39.0. The van der Waals surface area contributed by atoms with E-state index in [1.165, 1.54) is 21.4 Å². The normalized spacial score (nSPS) is 14.5. The Morgan fingerprint density at radius 3 is 2.46 bits per heavy atom. The lowest BCUT2D eigenvalue weighted by Crippen LogP contribution is -2.38. The molecule has 0 radical (unpaired) electrons. The predicted molar refractivity (Wildman–Crippen MR) is 132 cm³/mol. The van der Waals surface area contributed by atoms with Crippen LogP contribution in [-0.2, 0) is 10.2 Å². The minimum absolute atomic E-state index is 0.0555. The summed E-state index contributed by atoms with van der Waals surface area (Å²) in [6, 6.07) is 4.52. The molecule has 1 aromatic carbocycles. The summed E-state index contributed by atoms with van der Waals surface area (Å²) in [5.74, 6) is -3.07. The number of nitrogens with one attached hydrogen (secondary N) is 2. The zero-order valence-electron chi connectivity index (χ0n) is 19.7. The zero-order chi connectivity index (χ0) is 28.2. The minimum atomic E-state index is -5.18. The lowest BCUT2D eigenvalue weighted by molar-refractivity contribution is -0.274. The van der Waals surface area contributed by atoms with Gasteiger partial charge in [-0.05, 0) is 24.3 Å². The number of alkyl halides is 3. The fourth-order valence-corrected chi connectivity index (χ4v) is 4.76. The highest BCUT2D eigenvalue weighted by molar-refractivity contribution is 7.87. The Morgan fingerprint density at radius 2 is 1.82 bits per heavy atom. The van der Waals surface area contributed by atoms with Crippen molar-refractivity contribution < 1.29 is 40.7 Å². The molecule has 0 atom stereocenters. The van der Waals surface area contributed by atoms with Crippen molar-refractivity contribution >= 4 is 44.2 Å². The molecule has 3 heterocycles. The number of nitrogens with zero attached hydrogens (tertiary/aromatic N) is 4. The van der Waals surface area contributed by atoms with Gasteiger partial charge in [0.25, 0.3) is 22.0 Å². The van der Waals surface area contributed by atoms with E-state index in [9.17, 15) is 31.2 Å². The molecule has 4 N–H and O–H groups in total. The van der Waals surface area contributed by atoms with Gasteiger partial charge in [0.15, 0.2) is 10.9 Å². The van der Waals surface area contributed by atoms with Crippen molar-refractivity contribution in [3.63, 3.8) is 0 Å². The lowest BCUT2D eigenvalue weighted by Gasteiger charge is -2.31. The van der Waals surface area contributed by atoms with E-state index in [1.807, 2.05) is 4.90 Å². The monoisotopic (exact) mass is 587 g/mol. The number of rotatable bonds is 8. The van der Waals surface area contributed by atoms with Gasteiger partial charge in [-0.25, -0.2) is 24.8 Å². The molecule has 1 saturated heterocycles. The summed E-state index contributed by atoms with van der Waals surface area (Å²) in [6.45, 7) is 1.16. The standard InChI is InChI=1S/C21H20F3N7O6S2/c22-21(23,24)37-16-10-12(17(32)30-39(25,34)35)2-3-14(16)28-18(33)15-11-38-20(29-15)31-8-4-13(5-9-31)36-19-26-6-1-7-27-19/h1-3,6-7,10-11,13H,4-5,8-9H2,(H,28,33)(H,30,32)(H2,25,34,35). The molecule has 0 bridgehead atoms. The minimum Gasteiger partial charge on any atom is -0.460 e. The lowest BCUT2D eigenvalue weighted by atomic mass is 10.1. The SMILES string of the molecule is NS(=O)(=O)NC(=O)c1ccc(NC(=O)c2csc(N3CCC(Oc4ncccn4)CC3)n2)c(OC(F)(F)F)c1. The van der Waals surface area contributed by atoms with Gasteiger partial charge in [0, 0.05) is 49.3 Å². The summed E-state index contributed by atoms with van der Waals surface area (Å²) < 4.78 is 72.1. The molecule has 18 heteroatoms. The first-order valence-corrected chi connectivity index (χ1v) is 13.5. The van der Waals surface area contributed by atoms with Crippen molar-refractivity contribution in [2.45, 2.75) is 25.3 Å². The molecule has 1 fully saturated rings. The van der Waals surface area contributed by atoms with Gasteiger partial charge in [0.05, 0.1) is 5.69 Å². The molecule has 0 spiro atoms. The van der Waals surface area contributed by atoms with Crippen LogP contribution < -0.4 is 29.6 Å². The molecular formula is C21H20F3N7O6S2. The van der Waals surface area contributed by atoms with E-state index in [-0.39, 0.29) is 17.8 Å². The molecule has 208 valence electrons. The van der Waals surface area contributed by atoms with Crippen LogP contribution in [0.3, 0.4) is 0 Å². The number of thiazole rings is 1. The average Bonchev–Trinajstić information content (AvgIpc) is 3.35. The number of aromatic nitrogens is 3. The topological polar surface area (TPSA) is 179 Å². The number of anilines is 2. The van der Waals surface area contributed by atoms with Crippen LogP contribution in [0.2, 0.25) is 0 Å². The number of hydrogen-bond acceptors (Lipinski definition) is 11. The maximum Gasteiger partial charge on any atom is 0.573 e. The molecule has 1 aliphatic rings. The van der Waals surface area contributed by atoms with Crippen LogP contribution in [0, 0.1) is 0 Å². The number of benzene rings is 1. The third-order valence-corrected chi connectivity index (χ3v) is 6.58. The number of nitrogens with two attached hydrogens (primary N) is 1. The van der Waals surface area contributed by atoms with E-state index in [1.54, 1.807) is 18.5 Å². The van der Waals surface area contributed by atoms with E-state index in [0.717, 1.165) is 12.1 Å². The second-order valence-corrected chi connectivity index (χ2v) is 10.2. The summed E-state index contributed by atoms with van der Waals surface area (Å²) in [5.41, 5.74) is -0.997. The van der Waals surface area contributed by atoms with Crippen LogP contribution >= 0.6 is 11.3 Å². The summed E-state index contributed by atoms with van der Waals surface area (Å²) >= 11 is 1.18. The molecule has 0 aliphatic carbocycles. The van der Waals surface area contributed by atoms with Gasteiger partial charge >= 0.3 is 12.4 Å². The molecule has 2 aromatic heterocycles. The van der Waals surface area contributed by atoms with Gasteiger partial charge < -0.3 is 19.7 Å². The largest absolute Gasteiger partial charge is 0.573 e. The van der Waals surface area contributed by atoms with Gasteiger partial charge in [-0.1, -0.05) is 0 Å². The highest BCUT2D eigenvalue weighted by atomic mass is 32.2. The summed E-state index contributed by atoms with van der Waals surface area (Å²) in [6.07, 6.45) is -0.792. The van der Waals surface area contributed by atoms with Crippen LogP contribution in [0.15, 0.2) is 42.0 Å². The number of halogens is 3. The van der Waals surface area contributed by atoms with Crippen molar-refractivity contribution in [3.8, 4) is 11.8 Å². The number of amides is 2. The molecule has 2 amide bonds. The fraction of sp³-hybridized carbons (Fsp3) is 0.286. The van der Waals surface area contributed by atoms with Crippen LogP contribution in [0.5, 0.6) is 11.8 Å². The van der Waals surface area contributed by atoms with Crippen molar-refractivity contribution in [1.82, 2.24) is 19.7 Å². The molecule has 4 rings (SSSR count). The number of piperidine rings is 1. The van der Waals surface area contributed by atoms with Crippen LogP contribution in [0.25, 0.3) is 0 Å². The molecule has 0 unspecified atom stereocenters. The van der Waals surface area contributed by atoms with Gasteiger partial charge in [-0.2, -0.15) is 8.42 Å². The van der Waals surface area contributed by atoms with E-state index < -0.39 is 45.4 Å². The van der Waals surface area contributed by atoms with Gasteiger partial charge in [-0.3, -0.25) is 9.59 Å². The molecule has 39 heavy (non-hydrogen) atoms. The van der Waals surface area contributed by atoms with E-state index in [2.05, 4.69) is 25.0 Å². The average molecular weight is 588 g/mol. The summed E-state index contributed by atoms with van der Waals surface area (Å²) in [7, 11) is -4.47. The van der Waals surface area contributed by atoms with Crippen molar-refractivity contribution in [2.24, 2.45) is 5.14 Å². The maximum atomic E-state index is 13.0. The van der Waals surface area contributed by atoms with Crippen molar-refractivity contribution in [2.75, 3.05) is 23.3 Å². The van der Waals surface area contributed by atoms with E-state index in [0.29, 0.717) is 37.1 Å². The maximum absolute atomic E-state index is 13.0. The molecule has 1 aliphatic heterocycles. The Kier molecular flexibility index (Phi) is 8.17. The van der Waals surface area contributed by atoms with Crippen molar-refractivity contribution in [3.05, 3.63) is 53.3 Å². The second kappa shape index (κ2) is 11.4. The van der Waals surface area contributed by atoms with Gasteiger partial charge in [0.1, 0.15) is 11.8 Å². The number of hydrogen-bond donors (Lipinski definition) is 3. The Hall–Kier alpha value is -4.03. The first-order chi connectivity index (χ1) is 18.4. The molecule has 13 nitrogen and oxygen atoms in total. The number of ether oxygens (including phenoxy) is 2. The Morgan fingerprint density at radius 1 is 1.13 bits per heavy atom. The van der Waals surface area contributed by atoms with Crippen molar-refractivity contribution in [1.29, 1.82) is 0 Å². The highest BCUT2D eigenvalue weighted by Crippen LogP contribution is 2.32. The second-order valence-electron chi connectivity index (χ2n) is 8.04. The summed E-state index contributed by atoms with van der Waals surface area (Å²) in [5, 5.41) is 8.97. The third-order valence-electron chi connectivity index (χ3n) is 5.20. The Bertz CT molecular complexity index is 1450. The van der Waals surface area contributed by atoms with Crippen LogP contribution in [0.4, 0.5) is 24.0 Å². The predicted octanol–water partition coefficient (Wildman–Crippen LogP) is 2.07. The fourth-order valence-electron chi connectivity index (χ4n) is 3.52. The Labute approximate surface area is 223 Å². The van der Waals surface area contributed by atoms with Gasteiger partial charge in [0.2, 0.25) is 0 Å². The van der Waals surface area contributed by atoms with E-state index in [4.69, 9.17) is 9.88 Å². The Balaban J connectivity index is 1.42. The smallest absolute Gasteiger partial charge is 0.460 e. The first-order valence-electron chi connectivity index (χ1n) is 11.1. The molecule has 3 aromatic rings. The first kappa shape index (κ1) is 28.0. The zero-order valence-corrected chi connectivity index (χ0v) is 21.3. The molecule has 0 saturated carbocycles. The third kappa shape index (κ3) is 7.98. The van der Waals surface area contributed by atoms with Gasteiger partial charge in [-0.15, -0.1) is 24.5 Å². The quantitative estimate of drug-likeness (QED) is 0.353. The number of carbonyl (C=O) groups excluding carboxylic acids is 2.